The first-order valence-corrected chi connectivity index (χ1v) is 8.22. The summed E-state index contributed by atoms with van der Waals surface area (Å²) in [6, 6.07) is 6.35. The quantitative estimate of drug-likeness (QED) is 0.883. The number of rotatable bonds is 3. The molecule has 6 heteroatoms. The Labute approximate surface area is 142 Å². The molecule has 1 saturated heterocycles. The minimum atomic E-state index is 0. The Morgan fingerprint density at radius 3 is 2.83 bits per heavy atom. The number of carbonyl (C=O) groups excluding carboxylic acids is 1. The van der Waals surface area contributed by atoms with Gasteiger partial charge in [-0.25, -0.2) is 0 Å². The van der Waals surface area contributed by atoms with Crippen molar-refractivity contribution in [2.75, 3.05) is 26.3 Å². The molecule has 4 rings (SSSR count). The van der Waals surface area contributed by atoms with E-state index in [2.05, 4.69) is 16.7 Å². The molecule has 3 atom stereocenters. The van der Waals surface area contributed by atoms with Crippen LogP contribution < -0.4 is 20.1 Å². The molecular formula is C17H23ClN2O3. The molecule has 2 unspecified atom stereocenters. The molecule has 23 heavy (non-hydrogen) atoms. The number of halogens is 1. The van der Waals surface area contributed by atoms with Gasteiger partial charge in [0.25, 0.3) is 0 Å². The van der Waals surface area contributed by atoms with Gasteiger partial charge in [-0.1, -0.05) is 6.07 Å². The standard InChI is InChI=1S/C17H22N2O3.ClH/c20-17(19-12-2-1-5-18-10-12)14-9-13(14)11-3-4-15-16(8-11)22-7-6-21-15;/h3-4,8,12-14,18H,1-2,5-7,9-10H2,(H,19,20);1H/t12-,13?,14?;/m0./s1. The van der Waals surface area contributed by atoms with Gasteiger partial charge in [-0.05, 0) is 49.4 Å². The highest BCUT2D eigenvalue weighted by molar-refractivity contribution is 5.85. The molecule has 5 nitrogen and oxygen atoms in total. The van der Waals surface area contributed by atoms with Gasteiger partial charge in [0.2, 0.25) is 5.91 Å². The average molecular weight is 339 g/mol. The fourth-order valence-electron chi connectivity index (χ4n) is 3.43. The van der Waals surface area contributed by atoms with Crippen LogP contribution in [0.1, 0.15) is 30.7 Å². The fourth-order valence-corrected chi connectivity index (χ4v) is 3.43. The summed E-state index contributed by atoms with van der Waals surface area (Å²) in [7, 11) is 0. The predicted molar refractivity (Wildman–Crippen MR) is 89.6 cm³/mol. The molecule has 2 aliphatic heterocycles. The first-order chi connectivity index (χ1) is 10.8. The zero-order valence-electron chi connectivity index (χ0n) is 13.0. The van der Waals surface area contributed by atoms with Gasteiger partial charge in [-0.3, -0.25) is 4.79 Å². The Balaban J connectivity index is 0.00000156. The SMILES string of the molecule is Cl.O=C(N[C@H]1CCCNC1)C1CC1c1ccc2c(c1)OCCO2. The van der Waals surface area contributed by atoms with Gasteiger partial charge in [-0.15, -0.1) is 12.4 Å². The van der Waals surface area contributed by atoms with Crippen LogP contribution in [0.2, 0.25) is 0 Å². The highest BCUT2D eigenvalue weighted by Crippen LogP contribution is 2.49. The van der Waals surface area contributed by atoms with Crippen molar-refractivity contribution in [3.63, 3.8) is 0 Å². The zero-order chi connectivity index (χ0) is 14.9. The van der Waals surface area contributed by atoms with Gasteiger partial charge in [0.15, 0.2) is 11.5 Å². The van der Waals surface area contributed by atoms with Crippen LogP contribution in [-0.4, -0.2) is 38.3 Å². The van der Waals surface area contributed by atoms with Crippen molar-refractivity contribution in [1.82, 2.24) is 10.6 Å². The second kappa shape index (κ2) is 6.97. The Hall–Kier alpha value is -1.46. The lowest BCUT2D eigenvalue weighted by molar-refractivity contribution is -0.123. The monoisotopic (exact) mass is 338 g/mol. The summed E-state index contributed by atoms with van der Waals surface area (Å²) in [4.78, 5) is 12.4. The van der Waals surface area contributed by atoms with Crippen molar-refractivity contribution >= 4 is 18.3 Å². The number of nitrogens with one attached hydrogen (secondary N) is 2. The van der Waals surface area contributed by atoms with Crippen LogP contribution in [0.25, 0.3) is 0 Å². The predicted octanol–water partition coefficient (Wildman–Crippen LogP) is 1.85. The number of hydrogen-bond donors (Lipinski definition) is 2. The second-order valence-corrected chi connectivity index (χ2v) is 6.40. The molecule has 0 aromatic heterocycles. The molecule has 2 N–H and O–H groups in total. The van der Waals surface area contributed by atoms with E-state index >= 15 is 0 Å². The highest BCUT2D eigenvalue weighted by Gasteiger charge is 2.44. The molecule has 126 valence electrons. The zero-order valence-corrected chi connectivity index (χ0v) is 13.9. The van der Waals surface area contributed by atoms with Gasteiger partial charge in [0, 0.05) is 18.5 Å². The summed E-state index contributed by atoms with van der Waals surface area (Å²) >= 11 is 0. The van der Waals surface area contributed by atoms with Gasteiger partial charge in [0.1, 0.15) is 13.2 Å². The molecule has 0 spiro atoms. The van der Waals surface area contributed by atoms with E-state index in [1.807, 2.05) is 12.1 Å². The van der Waals surface area contributed by atoms with E-state index in [0.717, 1.165) is 43.9 Å². The van der Waals surface area contributed by atoms with Crippen LogP contribution >= 0.6 is 12.4 Å². The molecule has 1 aliphatic carbocycles. The molecule has 2 heterocycles. The number of ether oxygens (including phenoxy) is 2. The van der Waals surface area contributed by atoms with Crippen molar-refractivity contribution in [3.8, 4) is 11.5 Å². The fraction of sp³-hybridized carbons (Fsp3) is 0.588. The van der Waals surface area contributed by atoms with E-state index in [-0.39, 0.29) is 24.2 Å². The van der Waals surface area contributed by atoms with E-state index < -0.39 is 0 Å². The maximum Gasteiger partial charge on any atom is 0.224 e. The van der Waals surface area contributed by atoms with Crippen LogP contribution in [-0.2, 0) is 4.79 Å². The van der Waals surface area contributed by atoms with Crippen LogP contribution in [0.4, 0.5) is 0 Å². The van der Waals surface area contributed by atoms with Gasteiger partial charge in [-0.2, -0.15) is 0 Å². The Morgan fingerprint density at radius 2 is 2.04 bits per heavy atom. The first kappa shape index (κ1) is 16.4. The Morgan fingerprint density at radius 1 is 1.22 bits per heavy atom. The third-order valence-corrected chi connectivity index (χ3v) is 4.76. The van der Waals surface area contributed by atoms with Gasteiger partial charge in [0.05, 0.1) is 0 Å². The Bertz CT molecular complexity index is 575. The maximum atomic E-state index is 12.4. The minimum absolute atomic E-state index is 0. The molecule has 1 amide bonds. The summed E-state index contributed by atoms with van der Waals surface area (Å²) in [5.41, 5.74) is 1.19. The third kappa shape index (κ3) is 3.56. The van der Waals surface area contributed by atoms with E-state index in [9.17, 15) is 4.79 Å². The summed E-state index contributed by atoms with van der Waals surface area (Å²) in [6.07, 6.45) is 3.16. The first-order valence-electron chi connectivity index (χ1n) is 8.22. The number of benzene rings is 1. The van der Waals surface area contributed by atoms with Crippen LogP contribution in [0, 0.1) is 5.92 Å². The molecule has 0 radical (unpaired) electrons. The molecule has 1 aromatic rings. The van der Waals surface area contributed by atoms with E-state index in [0.29, 0.717) is 25.2 Å². The largest absolute Gasteiger partial charge is 0.486 e. The van der Waals surface area contributed by atoms with Crippen molar-refractivity contribution < 1.29 is 14.3 Å². The van der Waals surface area contributed by atoms with Crippen molar-refractivity contribution in [1.29, 1.82) is 0 Å². The third-order valence-electron chi connectivity index (χ3n) is 4.76. The lowest BCUT2D eigenvalue weighted by atomic mass is 10.1. The maximum absolute atomic E-state index is 12.4. The second-order valence-electron chi connectivity index (χ2n) is 6.40. The van der Waals surface area contributed by atoms with Crippen LogP contribution in [0.3, 0.4) is 0 Å². The number of amides is 1. The van der Waals surface area contributed by atoms with Gasteiger partial charge >= 0.3 is 0 Å². The van der Waals surface area contributed by atoms with Crippen LogP contribution in [0.5, 0.6) is 11.5 Å². The summed E-state index contributed by atoms with van der Waals surface area (Å²) in [5.74, 6) is 2.27. The van der Waals surface area contributed by atoms with Crippen molar-refractivity contribution in [3.05, 3.63) is 23.8 Å². The molecule has 1 aromatic carbocycles. The Kier molecular flexibility index (Phi) is 4.97. The lowest BCUT2D eigenvalue weighted by Gasteiger charge is -2.24. The lowest BCUT2D eigenvalue weighted by Crippen LogP contribution is -2.46. The topological polar surface area (TPSA) is 59.6 Å². The minimum Gasteiger partial charge on any atom is -0.486 e. The number of hydrogen-bond acceptors (Lipinski definition) is 4. The molecular weight excluding hydrogens is 316 g/mol. The van der Waals surface area contributed by atoms with Crippen molar-refractivity contribution in [2.45, 2.75) is 31.2 Å². The normalized spacial score (nSPS) is 28.4. The van der Waals surface area contributed by atoms with E-state index in [1.54, 1.807) is 0 Å². The average Bonchev–Trinajstić information content (AvgIpc) is 3.36. The number of piperidine rings is 1. The number of fused-ring (bicyclic) bond motifs is 1. The summed E-state index contributed by atoms with van der Waals surface area (Å²) < 4.78 is 11.2. The van der Waals surface area contributed by atoms with Crippen molar-refractivity contribution in [2.24, 2.45) is 5.92 Å². The van der Waals surface area contributed by atoms with E-state index in [4.69, 9.17) is 9.47 Å². The van der Waals surface area contributed by atoms with E-state index in [1.165, 1.54) is 5.56 Å². The highest BCUT2D eigenvalue weighted by atomic mass is 35.5. The number of carbonyl (C=O) groups is 1. The summed E-state index contributed by atoms with van der Waals surface area (Å²) in [6.45, 7) is 3.17. The van der Waals surface area contributed by atoms with Crippen LogP contribution in [0.15, 0.2) is 18.2 Å². The molecule has 3 aliphatic rings. The molecule has 2 fully saturated rings. The van der Waals surface area contributed by atoms with Gasteiger partial charge < -0.3 is 20.1 Å². The summed E-state index contributed by atoms with van der Waals surface area (Å²) in [5, 5.41) is 6.52. The molecule has 1 saturated carbocycles. The molecule has 0 bridgehead atoms. The smallest absolute Gasteiger partial charge is 0.224 e.